The molecular weight excluding hydrogens is 302 g/mol. The number of carbonyl (C=O) groups excluding carboxylic acids is 1. The smallest absolute Gasteiger partial charge is 0.274 e. The van der Waals surface area contributed by atoms with Gasteiger partial charge in [-0.2, -0.15) is 5.10 Å². The van der Waals surface area contributed by atoms with Crippen LogP contribution in [0.15, 0.2) is 6.20 Å². The summed E-state index contributed by atoms with van der Waals surface area (Å²) < 4.78 is 7.00. The molecule has 0 radical (unpaired) electrons. The summed E-state index contributed by atoms with van der Waals surface area (Å²) in [5, 5.41) is 11.0. The average molecular weight is 325 g/mol. The van der Waals surface area contributed by atoms with E-state index < -0.39 is 0 Å². The van der Waals surface area contributed by atoms with Crippen LogP contribution in [0.4, 0.5) is 5.69 Å². The Morgan fingerprint density at radius 3 is 2.77 bits per heavy atom. The van der Waals surface area contributed by atoms with Gasteiger partial charge in [0.1, 0.15) is 5.69 Å². The minimum absolute atomic E-state index is 0.0385. The molecule has 1 aliphatic rings. The maximum atomic E-state index is 12.8. The molecule has 0 aliphatic carbocycles. The number of morpholine rings is 1. The molecule has 22 heavy (non-hydrogen) atoms. The van der Waals surface area contributed by atoms with E-state index in [-0.39, 0.29) is 5.91 Å². The number of hydrogen-bond donors (Lipinski definition) is 2. The van der Waals surface area contributed by atoms with E-state index in [0.717, 1.165) is 13.0 Å². The topological polar surface area (TPSA) is 71.4 Å². The molecule has 0 spiro atoms. The highest BCUT2D eigenvalue weighted by Crippen LogP contribution is 2.18. The van der Waals surface area contributed by atoms with Crippen LogP contribution < -0.4 is 10.6 Å². The van der Waals surface area contributed by atoms with Crippen LogP contribution in [0, 0.1) is 0 Å². The lowest BCUT2D eigenvalue weighted by Crippen LogP contribution is -2.42. The number of aromatic nitrogens is 2. The highest BCUT2D eigenvalue weighted by molar-refractivity contribution is 7.80. The molecule has 1 amide bonds. The van der Waals surface area contributed by atoms with Crippen molar-refractivity contribution in [1.29, 1.82) is 0 Å². The number of aryl methyl sites for hydroxylation is 1. The Labute approximate surface area is 136 Å². The number of thiocarbonyl (C=S) groups is 1. The SMILES string of the molecule is CCCNC(=S)Nc1cnn(CC)c1C(=O)N1CCOCC1. The van der Waals surface area contributed by atoms with Crippen LogP contribution in [-0.2, 0) is 11.3 Å². The van der Waals surface area contributed by atoms with Gasteiger partial charge in [0.05, 0.1) is 25.1 Å². The maximum absolute atomic E-state index is 12.8. The van der Waals surface area contributed by atoms with E-state index >= 15 is 0 Å². The molecule has 0 aromatic carbocycles. The summed E-state index contributed by atoms with van der Waals surface area (Å²) in [6.45, 7) is 7.80. The third-order valence-corrected chi connectivity index (χ3v) is 3.67. The van der Waals surface area contributed by atoms with Crippen molar-refractivity contribution in [3.8, 4) is 0 Å². The summed E-state index contributed by atoms with van der Waals surface area (Å²) in [5.74, 6) is -0.0385. The average Bonchev–Trinajstić information content (AvgIpc) is 2.95. The van der Waals surface area contributed by atoms with Crippen LogP contribution in [0.25, 0.3) is 0 Å². The lowest BCUT2D eigenvalue weighted by Gasteiger charge is -2.27. The minimum Gasteiger partial charge on any atom is -0.378 e. The molecule has 1 fully saturated rings. The summed E-state index contributed by atoms with van der Waals surface area (Å²) in [5.41, 5.74) is 1.19. The van der Waals surface area contributed by atoms with E-state index in [1.807, 2.05) is 6.92 Å². The molecule has 1 aromatic heterocycles. The number of rotatable bonds is 5. The quantitative estimate of drug-likeness (QED) is 0.789. The Kier molecular flexibility index (Phi) is 6.14. The number of anilines is 1. The third kappa shape index (κ3) is 3.95. The van der Waals surface area contributed by atoms with Crippen molar-refractivity contribution in [1.82, 2.24) is 20.0 Å². The normalized spacial score (nSPS) is 14.7. The summed E-state index contributed by atoms with van der Waals surface area (Å²) in [6.07, 6.45) is 2.63. The van der Waals surface area contributed by atoms with Gasteiger partial charge in [-0.25, -0.2) is 0 Å². The van der Waals surface area contributed by atoms with Crippen LogP contribution >= 0.6 is 12.2 Å². The first-order valence-electron chi connectivity index (χ1n) is 7.65. The van der Waals surface area contributed by atoms with E-state index in [0.29, 0.717) is 49.3 Å². The first-order valence-corrected chi connectivity index (χ1v) is 8.05. The van der Waals surface area contributed by atoms with Gasteiger partial charge in [0.25, 0.3) is 5.91 Å². The lowest BCUT2D eigenvalue weighted by molar-refractivity contribution is 0.0295. The highest BCUT2D eigenvalue weighted by Gasteiger charge is 2.25. The van der Waals surface area contributed by atoms with Crippen LogP contribution in [-0.4, -0.2) is 58.5 Å². The molecular formula is C14H23N5O2S. The molecule has 2 rings (SSSR count). The first-order chi connectivity index (χ1) is 10.7. The van der Waals surface area contributed by atoms with Crippen LogP contribution in [0.3, 0.4) is 0 Å². The summed E-state index contributed by atoms with van der Waals surface area (Å²) in [4.78, 5) is 14.6. The van der Waals surface area contributed by atoms with Gasteiger partial charge in [-0.1, -0.05) is 6.92 Å². The maximum Gasteiger partial charge on any atom is 0.274 e. The zero-order valence-corrected chi connectivity index (χ0v) is 13.9. The van der Waals surface area contributed by atoms with Crippen molar-refractivity contribution in [2.24, 2.45) is 0 Å². The van der Waals surface area contributed by atoms with Crippen molar-refractivity contribution in [2.45, 2.75) is 26.8 Å². The predicted molar refractivity (Wildman–Crippen MR) is 89.1 cm³/mol. The molecule has 0 saturated carbocycles. The Hall–Kier alpha value is -1.67. The number of nitrogens with zero attached hydrogens (tertiary/aromatic N) is 3. The minimum atomic E-state index is -0.0385. The Bertz CT molecular complexity index is 525. The van der Waals surface area contributed by atoms with Gasteiger partial charge in [0, 0.05) is 26.2 Å². The van der Waals surface area contributed by atoms with E-state index in [1.54, 1.807) is 15.8 Å². The van der Waals surface area contributed by atoms with E-state index in [1.165, 1.54) is 0 Å². The fourth-order valence-electron chi connectivity index (χ4n) is 2.26. The van der Waals surface area contributed by atoms with Gasteiger partial charge >= 0.3 is 0 Å². The number of carbonyl (C=O) groups is 1. The molecule has 0 atom stereocenters. The van der Waals surface area contributed by atoms with Gasteiger partial charge in [-0.05, 0) is 25.6 Å². The van der Waals surface area contributed by atoms with Crippen LogP contribution in [0.1, 0.15) is 30.8 Å². The number of hydrogen-bond acceptors (Lipinski definition) is 4. The summed E-state index contributed by atoms with van der Waals surface area (Å²) in [6, 6.07) is 0. The van der Waals surface area contributed by atoms with Crippen molar-refractivity contribution < 1.29 is 9.53 Å². The second-order valence-electron chi connectivity index (χ2n) is 5.01. The number of amides is 1. The van der Waals surface area contributed by atoms with E-state index in [9.17, 15) is 4.79 Å². The lowest BCUT2D eigenvalue weighted by atomic mass is 10.3. The van der Waals surface area contributed by atoms with Crippen molar-refractivity contribution in [3.05, 3.63) is 11.9 Å². The van der Waals surface area contributed by atoms with Gasteiger partial charge in [0.15, 0.2) is 5.11 Å². The second-order valence-corrected chi connectivity index (χ2v) is 5.42. The van der Waals surface area contributed by atoms with Crippen molar-refractivity contribution in [2.75, 3.05) is 38.2 Å². The third-order valence-electron chi connectivity index (χ3n) is 3.42. The zero-order chi connectivity index (χ0) is 15.9. The summed E-state index contributed by atoms with van der Waals surface area (Å²) >= 11 is 5.25. The fourth-order valence-corrected chi connectivity index (χ4v) is 2.48. The van der Waals surface area contributed by atoms with E-state index in [4.69, 9.17) is 17.0 Å². The Morgan fingerprint density at radius 2 is 2.14 bits per heavy atom. The van der Waals surface area contributed by atoms with Crippen molar-refractivity contribution >= 4 is 28.9 Å². The monoisotopic (exact) mass is 325 g/mol. The van der Waals surface area contributed by atoms with Gasteiger partial charge in [0.2, 0.25) is 0 Å². The highest BCUT2D eigenvalue weighted by atomic mass is 32.1. The molecule has 0 unspecified atom stereocenters. The largest absolute Gasteiger partial charge is 0.378 e. The Balaban J connectivity index is 2.15. The van der Waals surface area contributed by atoms with Crippen molar-refractivity contribution in [3.63, 3.8) is 0 Å². The molecule has 2 heterocycles. The van der Waals surface area contributed by atoms with Crippen LogP contribution in [0.2, 0.25) is 0 Å². The number of ether oxygens (including phenoxy) is 1. The molecule has 8 heteroatoms. The first kappa shape index (κ1) is 16.7. The molecule has 2 N–H and O–H groups in total. The predicted octanol–water partition coefficient (Wildman–Crippen LogP) is 1.07. The molecule has 7 nitrogen and oxygen atoms in total. The molecule has 122 valence electrons. The Morgan fingerprint density at radius 1 is 1.41 bits per heavy atom. The molecule has 1 aromatic rings. The van der Waals surface area contributed by atoms with Gasteiger partial charge < -0.3 is 20.3 Å². The van der Waals surface area contributed by atoms with E-state index in [2.05, 4.69) is 22.7 Å². The zero-order valence-electron chi connectivity index (χ0n) is 13.1. The second kappa shape index (κ2) is 8.09. The van der Waals surface area contributed by atoms with Gasteiger partial charge in [-0.15, -0.1) is 0 Å². The molecule has 1 saturated heterocycles. The number of nitrogens with one attached hydrogen (secondary N) is 2. The van der Waals surface area contributed by atoms with Gasteiger partial charge in [-0.3, -0.25) is 9.48 Å². The fraction of sp³-hybridized carbons (Fsp3) is 0.643. The molecule has 0 bridgehead atoms. The summed E-state index contributed by atoms with van der Waals surface area (Å²) in [7, 11) is 0. The standard InChI is InChI=1S/C14H23N5O2S/c1-3-5-15-14(22)17-11-10-16-19(4-2)12(11)13(20)18-6-8-21-9-7-18/h10H,3-9H2,1-2H3,(H2,15,17,22). The van der Waals surface area contributed by atoms with Crippen LogP contribution in [0.5, 0.6) is 0 Å². The molecule has 1 aliphatic heterocycles.